The van der Waals surface area contributed by atoms with Crippen LogP contribution in [0.3, 0.4) is 0 Å². The highest BCUT2D eigenvalue weighted by Gasteiger charge is 2.38. The fourth-order valence-corrected chi connectivity index (χ4v) is 4.83. The van der Waals surface area contributed by atoms with Gasteiger partial charge in [0, 0.05) is 63.2 Å². The topological polar surface area (TPSA) is 88.7 Å². The summed E-state index contributed by atoms with van der Waals surface area (Å²) in [6.07, 6.45) is 5.01. The molecule has 2 aliphatic heterocycles. The highest BCUT2D eigenvalue weighted by Crippen LogP contribution is 2.34. The molecular weight excluding hydrogens is 502 g/mol. The highest BCUT2D eigenvalue weighted by atomic mass is 19.3. The Morgan fingerprint density at radius 2 is 1.95 bits per heavy atom. The van der Waals surface area contributed by atoms with Crippen molar-refractivity contribution in [1.29, 1.82) is 0 Å². The second-order valence-corrected chi connectivity index (χ2v) is 10.5. The Hall–Kier alpha value is -3.67. The summed E-state index contributed by atoms with van der Waals surface area (Å²) >= 11 is 0. The second-order valence-electron chi connectivity index (χ2n) is 10.5. The molecule has 206 valence electrons. The van der Waals surface area contributed by atoms with Gasteiger partial charge in [0.2, 0.25) is 5.91 Å². The van der Waals surface area contributed by atoms with Gasteiger partial charge < -0.3 is 20.5 Å². The number of nitrogens with one attached hydrogen (secondary N) is 3. The summed E-state index contributed by atoms with van der Waals surface area (Å²) in [5, 5.41) is 2.95. The lowest BCUT2D eigenvalue weighted by molar-refractivity contribution is -0.118. The Bertz CT molecular complexity index is 1320. The first-order valence-corrected chi connectivity index (χ1v) is 13.0. The number of carbonyl (C=O) groups is 1. The van der Waals surface area contributed by atoms with E-state index < -0.39 is 12.0 Å². The summed E-state index contributed by atoms with van der Waals surface area (Å²) in [4.78, 5) is 28.0. The minimum atomic E-state index is -2.62. The van der Waals surface area contributed by atoms with Crippen LogP contribution >= 0.6 is 0 Å². The van der Waals surface area contributed by atoms with Gasteiger partial charge in [0.15, 0.2) is 0 Å². The van der Waals surface area contributed by atoms with Crippen molar-refractivity contribution in [3.05, 3.63) is 66.1 Å². The first kappa shape index (κ1) is 26.9. The summed E-state index contributed by atoms with van der Waals surface area (Å²) in [5.41, 5.74) is 11.0. The molecule has 1 unspecified atom stereocenters. The standard InChI is InChI=1S/C28H34F2N8O/c1-36(2)10-11-37(3)25-7-5-22(16-32-25)33-27(39)26-23-13-20(4-6-24(23)34-35-26)21-12-19(14-31-15-21)17-38-9-8-28(29,30)18-38/h4-7,12-16,26,34-35H,8-11,17-18H2,1-3H3,(H,33,39). The minimum absolute atomic E-state index is 0.109. The maximum Gasteiger partial charge on any atom is 0.261 e. The monoisotopic (exact) mass is 536 g/mol. The molecule has 0 aliphatic carbocycles. The molecule has 0 bridgehead atoms. The predicted molar refractivity (Wildman–Crippen MR) is 149 cm³/mol. The number of hydrogen-bond acceptors (Lipinski definition) is 8. The van der Waals surface area contributed by atoms with E-state index in [0.717, 1.165) is 46.8 Å². The number of amides is 1. The van der Waals surface area contributed by atoms with Crippen LogP contribution in [0.2, 0.25) is 0 Å². The van der Waals surface area contributed by atoms with Gasteiger partial charge in [0.25, 0.3) is 5.92 Å². The van der Waals surface area contributed by atoms with E-state index in [1.807, 2.05) is 57.5 Å². The molecular formula is C28H34F2N8O. The number of carbonyl (C=O) groups excluding carboxylic acids is 1. The molecule has 1 atom stereocenters. The summed E-state index contributed by atoms with van der Waals surface area (Å²) in [6, 6.07) is 10.9. The molecule has 0 saturated carbocycles. The summed E-state index contributed by atoms with van der Waals surface area (Å²) in [7, 11) is 6.05. The van der Waals surface area contributed by atoms with Crippen molar-refractivity contribution in [3.8, 4) is 11.1 Å². The number of hydrogen-bond donors (Lipinski definition) is 3. The third-order valence-corrected chi connectivity index (χ3v) is 7.05. The maximum absolute atomic E-state index is 13.6. The van der Waals surface area contributed by atoms with E-state index in [-0.39, 0.29) is 18.9 Å². The fraction of sp³-hybridized carbons (Fsp3) is 0.393. The van der Waals surface area contributed by atoms with Crippen LogP contribution in [-0.4, -0.2) is 78.9 Å². The number of benzene rings is 1. The average molecular weight is 537 g/mol. The fourth-order valence-electron chi connectivity index (χ4n) is 4.83. The Morgan fingerprint density at radius 1 is 1.10 bits per heavy atom. The quantitative estimate of drug-likeness (QED) is 0.383. The van der Waals surface area contributed by atoms with Crippen molar-refractivity contribution in [2.45, 2.75) is 24.9 Å². The SMILES string of the molecule is CN(C)CCN(C)c1ccc(NC(=O)C2NNc3ccc(-c4cncc(CN5CCC(F)(F)C5)c4)cc32)cn1. The van der Waals surface area contributed by atoms with Gasteiger partial charge in [0.1, 0.15) is 11.9 Å². The van der Waals surface area contributed by atoms with Crippen LogP contribution in [-0.2, 0) is 11.3 Å². The van der Waals surface area contributed by atoms with Gasteiger partial charge in [0.05, 0.1) is 24.1 Å². The van der Waals surface area contributed by atoms with Crippen LogP contribution < -0.4 is 21.1 Å². The van der Waals surface area contributed by atoms with Gasteiger partial charge >= 0.3 is 0 Å². The molecule has 1 aromatic carbocycles. The molecule has 3 N–H and O–H groups in total. The van der Waals surface area contributed by atoms with E-state index in [2.05, 4.69) is 35.9 Å². The first-order chi connectivity index (χ1) is 18.7. The minimum Gasteiger partial charge on any atom is -0.358 e. The van der Waals surface area contributed by atoms with E-state index in [1.54, 1.807) is 23.5 Å². The molecule has 1 fully saturated rings. The second kappa shape index (κ2) is 11.2. The number of hydrazine groups is 1. The molecule has 0 spiro atoms. The third kappa shape index (κ3) is 6.49. The van der Waals surface area contributed by atoms with Crippen LogP contribution in [0.5, 0.6) is 0 Å². The van der Waals surface area contributed by atoms with Crippen molar-refractivity contribution in [3.63, 3.8) is 0 Å². The molecule has 0 radical (unpaired) electrons. The van der Waals surface area contributed by atoms with Crippen LogP contribution in [0, 0.1) is 0 Å². The zero-order valence-electron chi connectivity index (χ0n) is 22.4. The molecule has 3 aromatic rings. The number of likely N-dealkylation sites (tertiary alicyclic amines) is 1. The summed E-state index contributed by atoms with van der Waals surface area (Å²) in [6.45, 7) is 2.32. The average Bonchev–Trinajstić information content (AvgIpc) is 3.49. The van der Waals surface area contributed by atoms with Crippen molar-refractivity contribution < 1.29 is 13.6 Å². The highest BCUT2D eigenvalue weighted by molar-refractivity contribution is 5.97. The van der Waals surface area contributed by atoms with Crippen LogP contribution in [0.15, 0.2) is 55.0 Å². The number of halogens is 2. The normalized spacial score (nSPS) is 18.2. The molecule has 11 heteroatoms. The zero-order chi connectivity index (χ0) is 27.6. The van der Waals surface area contributed by atoms with Gasteiger partial charge in [-0.1, -0.05) is 6.07 Å². The van der Waals surface area contributed by atoms with Crippen LogP contribution in [0.1, 0.15) is 23.6 Å². The van der Waals surface area contributed by atoms with Crippen LogP contribution in [0.4, 0.5) is 26.0 Å². The largest absolute Gasteiger partial charge is 0.358 e. The van der Waals surface area contributed by atoms with E-state index in [9.17, 15) is 13.6 Å². The number of nitrogens with zero attached hydrogens (tertiary/aromatic N) is 5. The number of likely N-dealkylation sites (N-methyl/N-ethyl adjacent to an activating group) is 2. The van der Waals surface area contributed by atoms with Crippen molar-refractivity contribution in [2.24, 2.45) is 0 Å². The Balaban J connectivity index is 1.26. The van der Waals surface area contributed by atoms with E-state index in [0.29, 0.717) is 18.8 Å². The Labute approximate surface area is 227 Å². The van der Waals surface area contributed by atoms with Crippen molar-refractivity contribution in [2.75, 3.05) is 63.0 Å². The predicted octanol–water partition coefficient (Wildman–Crippen LogP) is 3.59. The number of aromatic nitrogens is 2. The van der Waals surface area contributed by atoms with Crippen molar-refractivity contribution >= 4 is 23.1 Å². The lowest BCUT2D eigenvalue weighted by atomic mass is 9.99. The van der Waals surface area contributed by atoms with Crippen molar-refractivity contribution in [1.82, 2.24) is 25.2 Å². The zero-order valence-corrected chi connectivity index (χ0v) is 22.4. The Kier molecular flexibility index (Phi) is 7.74. The van der Waals surface area contributed by atoms with E-state index >= 15 is 0 Å². The van der Waals surface area contributed by atoms with E-state index in [1.165, 1.54) is 0 Å². The summed E-state index contributed by atoms with van der Waals surface area (Å²) < 4.78 is 27.2. The number of fused-ring (bicyclic) bond motifs is 1. The van der Waals surface area contributed by atoms with Gasteiger partial charge in [-0.3, -0.25) is 14.7 Å². The molecule has 9 nitrogen and oxygen atoms in total. The van der Waals surface area contributed by atoms with Gasteiger partial charge in [-0.05, 0) is 55.6 Å². The molecule has 4 heterocycles. The molecule has 1 amide bonds. The van der Waals surface area contributed by atoms with Gasteiger partial charge in [-0.25, -0.2) is 19.2 Å². The number of pyridine rings is 2. The van der Waals surface area contributed by atoms with Gasteiger partial charge in [-0.15, -0.1) is 0 Å². The smallest absolute Gasteiger partial charge is 0.261 e. The molecule has 2 aliphatic rings. The lowest BCUT2D eigenvalue weighted by Crippen LogP contribution is -2.31. The summed E-state index contributed by atoms with van der Waals surface area (Å²) in [5.74, 6) is -2.00. The lowest BCUT2D eigenvalue weighted by Gasteiger charge is -2.20. The Morgan fingerprint density at radius 3 is 2.67 bits per heavy atom. The third-order valence-electron chi connectivity index (χ3n) is 7.05. The number of alkyl halides is 2. The molecule has 1 saturated heterocycles. The first-order valence-electron chi connectivity index (χ1n) is 13.0. The molecule has 5 rings (SSSR count). The molecule has 2 aromatic heterocycles. The van der Waals surface area contributed by atoms with E-state index in [4.69, 9.17) is 0 Å². The number of anilines is 3. The van der Waals surface area contributed by atoms with Crippen LogP contribution in [0.25, 0.3) is 11.1 Å². The molecule has 39 heavy (non-hydrogen) atoms. The van der Waals surface area contributed by atoms with Gasteiger partial charge in [-0.2, -0.15) is 0 Å². The maximum atomic E-state index is 13.6. The number of rotatable bonds is 9.